The Balaban J connectivity index is 2.66. The quantitative estimate of drug-likeness (QED) is 0.577. The zero-order valence-electron chi connectivity index (χ0n) is 18.1. The van der Waals surface area contributed by atoms with E-state index in [1.165, 1.54) is 0 Å². The van der Waals surface area contributed by atoms with Gasteiger partial charge in [0, 0.05) is 17.3 Å². The van der Waals surface area contributed by atoms with Crippen molar-refractivity contribution in [3.05, 3.63) is 53.2 Å². The molecule has 0 saturated heterocycles. The molecule has 0 aliphatic rings. The highest BCUT2D eigenvalue weighted by atomic mass is 16.1. The lowest BCUT2D eigenvalue weighted by atomic mass is 9.40. The van der Waals surface area contributed by atoms with E-state index >= 15 is 0 Å². The third-order valence-electron chi connectivity index (χ3n) is 5.48. The minimum absolute atomic E-state index is 0.0338. The molecule has 140 valence electrons. The SMILES string of the molecule is [B]C(c1cc(-c2ccc(C(C)=O)cc2)ncc1C([B])([B])C(C)(C)C)C(C)(C)C. The monoisotopic (exact) mass is 367 g/mol. The van der Waals surface area contributed by atoms with Crippen LogP contribution in [0.2, 0.25) is 0 Å². The molecule has 2 nitrogen and oxygen atoms in total. The summed E-state index contributed by atoms with van der Waals surface area (Å²) in [6.45, 7) is 13.9. The van der Waals surface area contributed by atoms with Crippen LogP contribution >= 0.6 is 0 Å². The second kappa shape index (κ2) is 7.57. The Hall–Kier alpha value is -1.77. The third kappa shape index (κ3) is 4.45. The molecule has 5 heteroatoms. The predicted octanol–water partition coefficient (Wildman–Crippen LogP) is 4.74. The first kappa shape index (κ1) is 22.5. The first-order valence-corrected chi connectivity index (χ1v) is 9.61. The van der Waals surface area contributed by atoms with Crippen LogP contribution in [0.25, 0.3) is 11.3 Å². The highest BCUT2D eigenvalue weighted by molar-refractivity contribution is 6.41. The number of carbonyl (C=O) groups excluding carboxylic acids is 1. The van der Waals surface area contributed by atoms with E-state index in [0.717, 1.165) is 22.4 Å². The van der Waals surface area contributed by atoms with Gasteiger partial charge >= 0.3 is 0 Å². The van der Waals surface area contributed by atoms with Crippen molar-refractivity contribution in [3.8, 4) is 11.3 Å². The number of carbonyl (C=O) groups is 1. The van der Waals surface area contributed by atoms with Crippen molar-refractivity contribution in [2.45, 2.75) is 59.5 Å². The summed E-state index contributed by atoms with van der Waals surface area (Å²) in [4.78, 5) is 16.2. The molecule has 1 atom stereocenters. The van der Waals surface area contributed by atoms with Gasteiger partial charge in [-0.15, -0.1) is 0 Å². The van der Waals surface area contributed by atoms with Gasteiger partial charge in [0.25, 0.3) is 0 Å². The molecule has 0 fully saturated rings. The van der Waals surface area contributed by atoms with Crippen LogP contribution in [-0.4, -0.2) is 34.3 Å². The number of ketones is 1. The van der Waals surface area contributed by atoms with Gasteiger partial charge in [-0.05, 0) is 40.8 Å². The molecule has 6 radical (unpaired) electrons. The third-order valence-corrected chi connectivity index (χ3v) is 5.48. The zero-order valence-corrected chi connectivity index (χ0v) is 18.1. The molecular formula is C23H28B3NO. The second-order valence-corrected chi connectivity index (χ2v) is 9.75. The molecule has 1 aromatic carbocycles. The molecule has 0 amide bonds. The highest BCUT2D eigenvalue weighted by Crippen LogP contribution is 2.43. The van der Waals surface area contributed by atoms with Gasteiger partial charge in [0.2, 0.25) is 0 Å². The van der Waals surface area contributed by atoms with Crippen molar-refractivity contribution in [3.63, 3.8) is 0 Å². The Morgan fingerprint density at radius 3 is 1.96 bits per heavy atom. The lowest BCUT2D eigenvalue weighted by Gasteiger charge is -2.43. The van der Waals surface area contributed by atoms with Crippen LogP contribution in [-0.2, 0) is 5.21 Å². The summed E-state index contributed by atoms with van der Waals surface area (Å²) >= 11 is 0. The fourth-order valence-corrected chi connectivity index (χ4v) is 2.98. The molecule has 0 spiro atoms. The summed E-state index contributed by atoms with van der Waals surface area (Å²) in [5, 5.41) is -1.09. The van der Waals surface area contributed by atoms with Crippen LogP contribution in [0.3, 0.4) is 0 Å². The van der Waals surface area contributed by atoms with E-state index in [0.29, 0.717) is 5.56 Å². The number of hydrogen-bond acceptors (Lipinski definition) is 2. The topological polar surface area (TPSA) is 30.0 Å². The van der Waals surface area contributed by atoms with E-state index < -0.39 is 5.21 Å². The number of nitrogens with zero attached hydrogens (tertiary/aromatic N) is 1. The Labute approximate surface area is 174 Å². The van der Waals surface area contributed by atoms with E-state index in [4.69, 9.17) is 23.5 Å². The van der Waals surface area contributed by atoms with E-state index in [1.54, 1.807) is 13.1 Å². The summed E-state index contributed by atoms with van der Waals surface area (Å²) in [7, 11) is 19.8. The molecule has 28 heavy (non-hydrogen) atoms. The molecule has 2 rings (SSSR count). The van der Waals surface area contributed by atoms with Crippen molar-refractivity contribution in [1.29, 1.82) is 0 Å². The lowest BCUT2D eigenvalue weighted by molar-refractivity contribution is 0.101. The lowest BCUT2D eigenvalue weighted by Crippen LogP contribution is -2.43. The van der Waals surface area contributed by atoms with Crippen molar-refractivity contribution in [2.24, 2.45) is 10.8 Å². The van der Waals surface area contributed by atoms with E-state index in [1.807, 2.05) is 51.1 Å². The minimum Gasteiger partial charge on any atom is -0.295 e. The normalized spacial score (nSPS) is 14.0. The highest BCUT2D eigenvalue weighted by Gasteiger charge is 2.37. The Morgan fingerprint density at radius 1 is 1.00 bits per heavy atom. The number of hydrogen-bond donors (Lipinski definition) is 0. The average molecular weight is 367 g/mol. The Morgan fingerprint density at radius 2 is 1.54 bits per heavy atom. The van der Waals surface area contributed by atoms with Crippen LogP contribution in [0.4, 0.5) is 0 Å². The van der Waals surface area contributed by atoms with Gasteiger partial charge in [0.05, 0.1) is 29.2 Å². The van der Waals surface area contributed by atoms with Gasteiger partial charge in [0.15, 0.2) is 5.78 Å². The summed E-state index contributed by atoms with van der Waals surface area (Å²) in [5.41, 5.74) is 3.45. The number of benzene rings is 1. The molecule has 1 unspecified atom stereocenters. The predicted molar refractivity (Wildman–Crippen MR) is 120 cm³/mol. The van der Waals surface area contributed by atoms with Gasteiger partial charge in [0.1, 0.15) is 0 Å². The Kier molecular flexibility index (Phi) is 6.09. The van der Waals surface area contributed by atoms with Crippen LogP contribution in [0, 0.1) is 10.8 Å². The molecule has 1 heterocycles. The molecule has 0 bridgehead atoms. The Bertz CT molecular complexity index is 859. The van der Waals surface area contributed by atoms with Gasteiger partial charge in [-0.1, -0.05) is 71.0 Å². The van der Waals surface area contributed by atoms with Crippen molar-refractivity contribution < 1.29 is 4.79 Å². The van der Waals surface area contributed by atoms with Crippen molar-refractivity contribution in [2.75, 3.05) is 0 Å². The van der Waals surface area contributed by atoms with Crippen molar-refractivity contribution >= 4 is 29.3 Å². The maximum atomic E-state index is 11.5. The van der Waals surface area contributed by atoms with Crippen molar-refractivity contribution in [1.82, 2.24) is 4.98 Å². The van der Waals surface area contributed by atoms with E-state index in [9.17, 15) is 4.79 Å². The molecule has 0 saturated carbocycles. The first-order valence-electron chi connectivity index (χ1n) is 9.61. The summed E-state index contributed by atoms with van der Waals surface area (Å²) in [6.07, 6.45) is 1.75. The van der Waals surface area contributed by atoms with E-state index in [-0.39, 0.29) is 22.4 Å². The summed E-state index contributed by atoms with van der Waals surface area (Å²) in [5.74, 6) is -0.235. The maximum Gasteiger partial charge on any atom is 0.159 e. The van der Waals surface area contributed by atoms with Crippen LogP contribution < -0.4 is 0 Å². The number of pyridine rings is 1. The van der Waals surface area contributed by atoms with Crippen LogP contribution in [0.5, 0.6) is 0 Å². The molecule has 0 aliphatic heterocycles. The summed E-state index contributed by atoms with van der Waals surface area (Å²) in [6, 6.07) is 9.39. The summed E-state index contributed by atoms with van der Waals surface area (Å²) < 4.78 is 0. The maximum absolute atomic E-state index is 11.5. The molecule has 2 aromatic rings. The van der Waals surface area contributed by atoms with Crippen LogP contribution in [0.15, 0.2) is 36.5 Å². The average Bonchev–Trinajstić information content (AvgIpc) is 2.58. The second-order valence-electron chi connectivity index (χ2n) is 9.75. The van der Waals surface area contributed by atoms with E-state index in [2.05, 4.69) is 25.8 Å². The van der Waals surface area contributed by atoms with Gasteiger partial charge in [-0.25, -0.2) is 0 Å². The zero-order chi connectivity index (χ0) is 21.5. The van der Waals surface area contributed by atoms with Crippen LogP contribution in [0.1, 0.15) is 75.8 Å². The fraction of sp³-hybridized carbons (Fsp3) is 0.478. The molecule has 1 aromatic heterocycles. The van der Waals surface area contributed by atoms with Gasteiger partial charge in [-0.3, -0.25) is 9.78 Å². The fourth-order valence-electron chi connectivity index (χ4n) is 2.98. The number of aromatic nitrogens is 1. The molecular weight excluding hydrogens is 339 g/mol. The first-order chi connectivity index (χ1) is 12.7. The van der Waals surface area contributed by atoms with Gasteiger partial charge < -0.3 is 0 Å². The molecule has 0 aliphatic carbocycles. The smallest absolute Gasteiger partial charge is 0.159 e. The standard InChI is InChI=1S/C23H28B3NO/c1-14(28)15-8-10-16(11-9-15)19-12-17(20(24)21(2,3)4)18(13-27-19)23(25,26)22(5,6)7/h8-13,20H,1-7H3. The van der Waals surface area contributed by atoms with Gasteiger partial charge in [-0.2, -0.15) is 0 Å². The minimum atomic E-state index is -1.09. The largest absolute Gasteiger partial charge is 0.295 e. The number of Topliss-reactive ketones (excluding diaryl/α,β-unsaturated/α-hetero) is 1. The number of rotatable bonds is 4. The molecule has 0 N–H and O–H groups in total.